The van der Waals surface area contributed by atoms with Crippen LogP contribution in [0.25, 0.3) is 0 Å². The van der Waals surface area contributed by atoms with Gasteiger partial charge in [-0.1, -0.05) is 0 Å². The molecule has 186 valence electrons. The summed E-state index contributed by atoms with van der Waals surface area (Å²) in [7, 11) is 1.44. The van der Waals surface area contributed by atoms with Crippen molar-refractivity contribution >= 4 is 12.2 Å². The molecule has 33 heavy (non-hydrogen) atoms. The highest BCUT2D eigenvalue weighted by Crippen LogP contribution is 2.40. The summed E-state index contributed by atoms with van der Waals surface area (Å²) in [5.41, 5.74) is 3.61. The van der Waals surface area contributed by atoms with Crippen LogP contribution < -0.4 is 16.1 Å². The van der Waals surface area contributed by atoms with Gasteiger partial charge in [0.05, 0.1) is 25.2 Å². The van der Waals surface area contributed by atoms with E-state index < -0.39 is 0 Å². The molecule has 0 bridgehead atoms. The minimum Gasteiger partial charge on any atom is -0.453 e. The standard InChI is InChI=1S/C23H40N6O4/c1-15-13-27(22(30)33-19-4-3-7-24-12-19)21-8-16(5-6-20(21)29(15)23(31)32-2)17-9-26-28(14-17)18-10-25-11-18/h15-21,24-26H,3-14H2,1-2H3/t15-,16?,17?,19?,20?,21?/m0/s1. The fraction of sp³-hybridized carbons (Fsp3) is 0.913. The van der Waals surface area contributed by atoms with Crippen LogP contribution in [0.2, 0.25) is 0 Å². The number of fused-ring (bicyclic) bond motifs is 1. The maximum absolute atomic E-state index is 13.3. The van der Waals surface area contributed by atoms with Crippen LogP contribution in [0.3, 0.4) is 0 Å². The van der Waals surface area contributed by atoms with Crippen LogP contribution in [0.5, 0.6) is 0 Å². The van der Waals surface area contributed by atoms with Crippen LogP contribution in [-0.4, -0.2) is 110 Å². The average Bonchev–Trinajstić information content (AvgIpc) is 3.26. The zero-order valence-electron chi connectivity index (χ0n) is 20.0. The van der Waals surface area contributed by atoms with E-state index in [1.165, 1.54) is 7.11 Å². The van der Waals surface area contributed by atoms with Gasteiger partial charge < -0.3 is 25.0 Å². The zero-order valence-corrected chi connectivity index (χ0v) is 20.0. The van der Waals surface area contributed by atoms with Gasteiger partial charge in [-0.3, -0.25) is 10.3 Å². The second-order valence-corrected chi connectivity index (χ2v) is 10.5. The molecule has 0 spiro atoms. The second kappa shape index (κ2) is 9.93. The van der Waals surface area contributed by atoms with Gasteiger partial charge in [-0.2, -0.15) is 0 Å². The molecule has 0 aromatic heterocycles. The first-order valence-corrected chi connectivity index (χ1v) is 12.8. The minimum absolute atomic E-state index is 0.0178. The lowest BCUT2D eigenvalue weighted by Crippen LogP contribution is -2.67. The molecule has 2 amide bonds. The second-order valence-electron chi connectivity index (χ2n) is 10.5. The molecule has 1 aliphatic carbocycles. The Balaban J connectivity index is 1.29. The molecule has 5 fully saturated rings. The summed E-state index contributed by atoms with van der Waals surface area (Å²) in [6, 6.07) is 0.451. The third kappa shape index (κ3) is 4.67. The number of methoxy groups -OCH3 is 1. The minimum atomic E-state index is -0.286. The number of carbonyl (C=O) groups is 2. The molecule has 0 aromatic rings. The summed E-state index contributed by atoms with van der Waals surface area (Å²) < 4.78 is 11.1. The van der Waals surface area contributed by atoms with Crippen molar-refractivity contribution in [1.29, 1.82) is 0 Å². The first kappa shape index (κ1) is 23.1. The molecule has 4 heterocycles. The number of piperazine rings is 1. The van der Waals surface area contributed by atoms with E-state index in [4.69, 9.17) is 9.47 Å². The van der Waals surface area contributed by atoms with Crippen molar-refractivity contribution in [1.82, 2.24) is 30.9 Å². The van der Waals surface area contributed by atoms with Crippen LogP contribution >= 0.6 is 0 Å². The van der Waals surface area contributed by atoms with E-state index in [0.717, 1.165) is 71.4 Å². The quantitative estimate of drug-likeness (QED) is 0.559. The van der Waals surface area contributed by atoms with Crippen molar-refractivity contribution in [2.75, 3.05) is 52.9 Å². The lowest BCUT2D eigenvalue weighted by atomic mass is 9.73. The summed E-state index contributed by atoms with van der Waals surface area (Å²) in [6.45, 7) is 8.36. The van der Waals surface area contributed by atoms with Crippen LogP contribution in [0.4, 0.5) is 9.59 Å². The molecular formula is C23H40N6O4. The number of hydrazine groups is 1. The van der Waals surface area contributed by atoms with E-state index in [2.05, 4.69) is 21.1 Å². The smallest absolute Gasteiger partial charge is 0.410 e. The summed E-state index contributed by atoms with van der Waals surface area (Å²) in [5, 5.41) is 9.08. The van der Waals surface area contributed by atoms with Gasteiger partial charge in [-0.15, -0.1) is 0 Å². The molecule has 3 N–H and O–H groups in total. The maximum atomic E-state index is 13.3. The summed E-state index contributed by atoms with van der Waals surface area (Å²) in [6.07, 6.45) is 4.24. The van der Waals surface area contributed by atoms with Crippen molar-refractivity contribution in [3.05, 3.63) is 0 Å². The highest BCUT2D eigenvalue weighted by atomic mass is 16.6. The van der Waals surface area contributed by atoms with Gasteiger partial charge in [-0.25, -0.2) is 14.6 Å². The highest BCUT2D eigenvalue weighted by molar-refractivity contribution is 5.72. The molecule has 5 rings (SSSR count). The molecule has 5 unspecified atom stereocenters. The first-order valence-electron chi connectivity index (χ1n) is 12.8. The van der Waals surface area contributed by atoms with Crippen LogP contribution in [0.1, 0.15) is 39.0 Å². The molecule has 0 aromatic carbocycles. The number of piperidine rings is 1. The van der Waals surface area contributed by atoms with Gasteiger partial charge in [0.25, 0.3) is 0 Å². The molecule has 10 nitrogen and oxygen atoms in total. The van der Waals surface area contributed by atoms with Crippen LogP contribution in [0, 0.1) is 11.8 Å². The molecule has 0 radical (unpaired) electrons. The Hall–Kier alpha value is -1.62. The number of ether oxygens (including phenoxy) is 2. The molecule has 10 heteroatoms. The lowest BCUT2D eigenvalue weighted by molar-refractivity contribution is -0.0481. The predicted molar refractivity (Wildman–Crippen MR) is 123 cm³/mol. The van der Waals surface area contributed by atoms with E-state index in [1.54, 1.807) is 0 Å². The van der Waals surface area contributed by atoms with Crippen LogP contribution in [0.15, 0.2) is 0 Å². The van der Waals surface area contributed by atoms with Gasteiger partial charge in [0.2, 0.25) is 0 Å². The van der Waals surface area contributed by atoms with Gasteiger partial charge in [0.1, 0.15) is 6.10 Å². The highest BCUT2D eigenvalue weighted by Gasteiger charge is 2.50. The molecule has 4 saturated heterocycles. The number of amides is 2. The predicted octanol–water partition coefficient (Wildman–Crippen LogP) is 0.593. The summed E-state index contributed by atoms with van der Waals surface area (Å²) >= 11 is 0. The number of carbonyl (C=O) groups excluding carboxylic acids is 2. The Morgan fingerprint density at radius 2 is 1.76 bits per heavy atom. The Labute approximate surface area is 196 Å². The molecule has 5 aliphatic rings. The topological polar surface area (TPSA) is 98.4 Å². The largest absolute Gasteiger partial charge is 0.453 e. The normalized spacial score (nSPS) is 37.9. The number of nitrogens with one attached hydrogen (secondary N) is 3. The fourth-order valence-corrected chi connectivity index (χ4v) is 6.55. The van der Waals surface area contributed by atoms with Crippen molar-refractivity contribution < 1.29 is 19.1 Å². The van der Waals surface area contributed by atoms with E-state index in [-0.39, 0.29) is 36.4 Å². The zero-order chi connectivity index (χ0) is 22.9. The number of hydrogen-bond acceptors (Lipinski definition) is 8. The Kier molecular flexibility index (Phi) is 6.96. The molecule has 4 aliphatic heterocycles. The molecular weight excluding hydrogens is 424 g/mol. The fourth-order valence-electron chi connectivity index (χ4n) is 6.55. The van der Waals surface area contributed by atoms with Crippen molar-refractivity contribution in [2.45, 2.75) is 69.3 Å². The number of nitrogens with zero attached hydrogens (tertiary/aromatic N) is 3. The Bertz CT molecular complexity index is 715. The third-order valence-corrected chi connectivity index (χ3v) is 8.51. The lowest BCUT2D eigenvalue weighted by Gasteiger charge is -2.53. The average molecular weight is 465 g/mol. The van der Waals surface area contributed by atoms with Crippen molar-refractivity contribution in [2.24, 2.45) is 11.8 Å². The molecule has 6 atom stereocenters. The van der Waals surface area contributed by atoms with Gasteiger partial charge in [0, 0.05) is 45.3 Å². The third-order valence-electron chi connectivity index (χ3n) is 8.51. The first-order chi connectivity index (χ1) is 16.0. The Morgan fingerprint density at radius 3 is 2.45 bits per heavy atom. The monoisotopic (exact) mass is 464 g/mol. The number of rotatable bonds is 3. The van der Waals surface area contributed by atoms with Gasteiger partial charge in [0.15, 0.2) is 0 Å². The van der Waals surface area contributed by atoms with E-state index in [1.807, 2.05) is 16.7 Å². The Morgan fingerprint density at radius 1 is 0.909 bits per heavy atom. The van der Waals surface area contributed by atoms with E-state index >= 15 is 0 Å². The van der Waals surface area contributed by atoms with Gasteiger partial charge >= 0.3 is 12.2 Å². The number of hydrogen-bond donors (Lipinski definition) is 3. The van der Waals surface area contributed by atoms with Crippen molar-refractivity contribution in [3.8, 4) is 0 Å². The SMILES string of the molecule is COC(=O)N1C2CCC(C3CNN(C4CNC4)C3)CC2N(C(=O)OC2CCCNC2)C[C@@H]1C. The summed E-state index contributed by atoms with van der Waals surface area (Å²) in [4.78, 5) is 29.8. The van der Waals surface area contributed by atoms with Gasteiger partial charge in [-0.05, 0) is 57.4 Å². The van der Waals surface area contributed by atoms with E-state index in [9.17, 15) is 9.59 Å². The van der Waals surface area contributed by atoms with Crippen molar-refractivity contribution in [3.63, 3.8) is 0 Å². The maximum Gasteiger partial charge on any atom is 0.410 e. The van der Waals surface area contributed by atoms with Crippen LogP contribution in [-0.2, 0) is 9.47 Å². The molecule has 1 saturated carbocycles. The van der Waals surface area contributed by atoms with E-state index in [0.29, 0.717) is 24.4 Å². The summed E-state index contributed by atoms with van der Waals surface area (Å²) in [5.74, 6) is 1.09.